The predicted molar refractivity (Wildman–Crippen MR) is 31.3 cm³/mol. The summed E-state index contributed by atoms with van der Waals surface area (Å²) in [4.78, 5) is 9.87. The van der Waals surface area contributed by atoms with E-state index < -0.39 is 16.3 Å². The molecule has 0 aliphatic rings. The summed E-state index contributed by atoms with van der Waals surface area (Å²) in [6.45, 7) is 0. The van der Waals surface area contributed by atoms with Crippen molar-refractivity contribution >= 4 is 40.0 Å². The van der Waals surface area contributed by atoms with Crippen molar-refractivity contribution in [3.63, 3.8) is 0 Å². The van der Waals surface area contributed by atoms with Gasteiger partial charge in [0.1, 0.15) is 0 Å². The maximum Gasteiger partial charge on any atom is 0.275 e. The summed E-state index contributed by atoms with van der Waals surface area (Å²) in [7, 11) is 0. The molecule has 0 radical (unpaired) electrons. The summed E-state index contributed by atoms with van der Waals surface area (Å²) >= 11 is 14.3. The first-order chi connectivity index (χ1) is 3.50. The van der Waals surface area contributed by atoms with Gasteiger partial charge < -0.3 is 0 Å². The van der Waals surface area contributed by atoms with E-state index in [0.29, 0.717) is 0 Å². The first-order valence-corrected chi connectivity index (χ1v) is 2.93. The van der Waals surface area contributed by atoms with Crippen LogP contribution in [0.5, 0.6) is 0 Å². The van der Waals surface area contributed by atoms with E-state index in [-0.39, 0.29) is 0 Å². The van der Waals surface area contributed by atoms with Gasteiger partial charge in [-0.3, -0.25) is 4.79 Å². The van der Waals surface area contributed by atoms with Crippen molar-refractivity contribution < 1.29 is 9.18 Å². The molecule has 0 bridgehead atoms. The van der Waals surface area contributed by atoms with E-state index >= 15 is 0 Å². The van der Waals surface area contributed by atoms with Crippen LogP contribution in [-0.2, 0) is 4.79 Å². The van der Waals surface area contributed by atoms with Crippen molar-refractivity contribution in [1.82, 2.24) is 0 Å². The van der Waals surface area contributed by atoms with E-state index in [1.807, 2.05) is 0 Å². The Labute approximate surface area is 60.7 Å². The Kier molecular flexibility index (Phi) is 3.02. The number of carbonyl (C=O) groups is 1. The maximum atomic E-state index is 12.1. The molecule has 0 fully saturated rings. The van der Waals surface area contributed by atoms with Gasteiger partial charge in [0.2, 0.25) is 0 Å². The van der Waals surface area contributed by atoms with E-state index in [1.165, 1.54) is 0 Å². The lowest BCUT2D eigenvalue weighted by Gasteiger charge is -2.05. The van der Waals surface area contributed by atoms with E-state index in [2.05, 4.69) is 11.6 Å². The minimum absolute atomic E-state index is 0.628. The summed E-state index contributed by atoms with van der Waals surface area (Å²) in [6, 6.07) is 0. The van der Waals surface area contributed by atoms with Gasteiger partial charge in [0.25, 0.3) is 10.4 Å². The van der Waals surface area contributed by atoms with Gasteiger partial charge in [0.15, 0.2) is 0 Å². The summed E-state index contributed by atoms with van der Waals surface area (Å²) in [5, 5.41) is -3.88. The van der Waals surface area contributed by atoms with Crippen LogP contribution in [0.15, 0.2) is 0 Å². The zero-order valence-electron chi connectivity index (χ0n) is 3.63. The molecule has 5 heteroatoms. The molecular weight excluding hydrogens is 177 g/mol. The van der Waals surface area contributed by atoms with Gasteiger partial charge in [-0.1, -0.05) is 11.6 Å². The molecule has 0 aromatic rings. The Morgan fingerprint density at radius 3 is 2.12 bits per heavy atom. The van der Waals surface area contributed by atoms with Gasteiger partial charge in [0.05, 0.1) is 5.88 Å². The fourth-order valence-electron chi connectivity index (χ4n) is 0.0525. The van der Waals surface area contributed by atoms with Gasteiger partial charge in [0, 0.05) is 0 Å². The predicted octanol–water partition coefficient (Wildman–Crippen LogP) is 1.90. The zero-order chi connectivity index (χ0) is 6.78. The van der Waals surface area contributed by atoms with Gasteiger partial charge in [-0.15, -0.1) is 11.6 Å². The third-order valence-electron chi connectivity index (χ3n) is 0.455. The molecule has 1 atom stereocenters. The van der Waals surface area contributed by atoms with Crippen molar-refractivity contribution in [2.45, 2.75) is 5.13 Å². The van der Waals surface area contributed by atoms with Crippen LogP contribution in [0.4, 0.5) is 4.39 Å². The van der Waals surface area contributed by atoms with Crippen molar-refractivity contribution in [2.75, 3.05) is 5.88 Å². The second-order valence-corrected chi connectivity index (χ2v) is 2.32. The molecule has 0 heterocycles. The van der Waals surface area contributed by atoms with E-state index in [0.717, 1.165) is 0 Å². The van der Waals surface area contributed by atoms with Crippen LogP contribution in [-0.4, -0.2) is 16.3 Å². The highest BCUT2D eigenvalue weighted by molar-refractivity contribution is 6.70. The topological polar surface area (TPSA) is 17.1 Å². The van der Waals surface area contributed by atoms with Crippen molar-refractivity contribution in [1.29, 1.82) is 0 Å². The van der Waals surface area contributed by atoms with Crippen molar-refractivity contribution in [2.24, 2.45) is 0 Å². The Morgan fingerprint density at radius 1 is 1.75 bits per heavy atom. The Balaban J connectivity index is 3.91. The number of carbonyl (C=O) groups excluding carboxylic acids is 1. The molecule has 0 aromatic heterocycles. The standard InChI is InChI=1S/C3H2Cl3FO/c4-1-3(6,7)2(5)8/h1H2. The molecule has 0 aliphatic heterocycles. The summed E-state index contributed by atoms with van der Waals surface area (Å²) in [5.74, 6) is -0.628. The zero-order valence-corrected chi connectivity index (χ0v) is 5.89. The molecule has 48 valence electrons. The first-order valence-electron chi connectivity index (χ1n) is 1.64. The number of hydrogen-bond donors (Lipinski definition) is 0. The third kappa shape index (κ3) is 2.16. The van der Waals surface area contributed by atoms with Crippen LogP contribution in [0.2, 0.25) is 0 Å². The summed E-state index contributed by atoms with van der Waals surface area (Å²) < 4.78 is 12.1. The smallest absolute Gasteiger partial charge is 0.275 e. The fourth-order valence-corrected chi connectivity index (χ4v) is 0.309. The SMILES string of the molecule is O=C(Cl)C(F)(Cl)CCl. The molecule has 0 aromatic carbocycles. The van der Waals surface area contributed by atoms with Crippen LogP contribution in [0.1, 0.15) is 0 Å². The molecule has 0 saturated heterocycles. The third-order valence-corrected chi connectivity index (χ3v) is 1.66. The Hall–Kier alpha value is 0.470. The fraction of sp³-hybridized carbons (Fsp3) is 0.667. The largest absolute Gasteiger partial charge is 0.276 e. The molecule has 0 spiro atoms. The maximum absolute atomic E-state index is 12.1. The van der Waals surface area contributed by atoms with Crippen molar-refractivity contribution in [3.05, 3.63) is 0 Å². The number of hydrogen-bond acceptors (Lipinski definition) is 1. The number of rotatable bonds is 2. The number of alkyl halides is 3. The van der Waals surface area contributed by atoms with Crippen molar-refractivity contribution in [3.8, 4) is 0 Å². The van der Waals surface area contributed by atoms with Gasteiger partial charge in [-0.05, 0) is 11.6 Å². The highest BCUT2D eigenvalue weighted by atomic mass is 35.5. The monoisotopic (exact) mass is 178 g/mol. The summed E-state index contributed by atoms with van der Waals surface area (Å²) in [5.41, 5.74) is 0. The second kappa shape index (κ2) is 2.85. The van der Waals surface area contributed by atoms with Crippen LogP contribution in [0.3, 0.4) is 0 Å². The normalized spacial score (nSPS) is 17.5. The molecule has 0 N–H and O–H groups in total. The molecule has 0 rings (SSSR count). The molecule has 0 saturated carbocycles. The lowest BCUT2D eigenvalue weighted by molar-refractivity contribution is -0.117. The second-order valence-electron chi connectivity index (χ2n) is 1.11. The highest BCUT2D eigenvalue weighted by Crippen LogP contribution is 2.21. The van der Waals surface area contributed by atoms with Crippen LogP contribution in [0, 0.1) is 0 Å². The van der Waals surface area contributed by atoms with Gasteiger partial charge in [-0.25, -0.2) is 4.39 Å². The lowest BCUT2D eigenvalue weighted by Crippen LogP contribution is -2.24. The van der Waals surface area contributed by atoms with Crippen LogP contribution >= 0.6 is 34.8 Å². The molecule has 8 heavy (non-hydrogen) atoms. The highest BCUT2D eigenvalue weighted by Gasteiger charge is 2.33. The average molecular weight is 179 g/mol. The average Bonchev–Trinajstić information content (AvgIpc) is 1.67. The van der Waals surface area contributed by atoms with Gasteiger partial charge in [-0.2, -0.15) is 0 Å². The minimum atomic E-state index is -2.59. The minimum Gasteiger partial charge on any atom is -0.276 e. The van der Waals surface area contributed by atoms with E-state index in [4.69, 9.17) is 23.2 Å². The molecule has 1 nitrogen and oxygen atoms in total. The quantitative estimate of drug-likeness (QED) is 0.467. The summed E-state index contributed by atoms with van der Waals surface area (Å²) in [6.07, 6.45) is 0. The Bertz CT molecular complexity index is 103. The van der Waals surface area contributed by atoms with E-state index in [9.17, 15) is 9.18 Å². The van der Waals surface area contributed by atoms with Crippen LogP contribution < -0.4 is 0 Å². The number of halogens is 4. The van der Waals surface area contributed by atoms with E-state index in [1.54, 1.807) is 0 Å². The molecular formula is C3H2Cl3FO. The molecule has 0 aliphatic carbocycles. The van der Waals surface area contributed by atoms with Crippen LogP contribution in [0.25, 0.3) is 0 Å². The molecule has 1 unspecified atom stereocenters. The first kappa shape index (κ1) is 8.47. The molecule has 0 amide bonds. The lowest BCUT2D eigenvalue weighted by atomic mass is 10.5. The van der Waals surface area contributed by atoms with Gasteiger partial charge >= 0.3 is 0 Å². The Morgan fingerprint density at radius 2 is 2.12 bits per heavy atom.